The number of ether oxygens (including phenoxy) is 1. The number of aliphatic hydroxyl groups is 1. The van der Waals surface area contributed by atoms with Crippen LogP contribution in [-0.2, 0) is 16.9 Å². The number of benzene rings is 3. The monoisotopic (exact) mass is 478 g/mol. The average Bonchev–Trinajstić information content (AvgIpc) is 2.81. The molecule has 0 aromatic heterocycles. The van der Waals surface area contributed by atoms with Crippen LogP contribution in [0.2, 0.25) is 0 Å². The first kappa shape index (κ1) is 25.7. The van der Waals surface area contributed by atoms with Crippen LogP contribution < -0.4 is 10.6 Å². The fraction of sp³-hybridized carbons (Fsp3) is 0.321. The van der Waals surface area contributed by atoms with Crippen LogP contribution in [0.5, 0.6) is 0 Å². The van der Waals surface area contributed by atoms with E-state index in [0.717, 1.165) is 17.0 Å². The highest BCUT2D eigenvalue weighted by Gasteiger charge is 2.25. The van der Waals surface area contributed by atoms with E-state index >= 15 is 0 Å². The number of amides is 1. The lowest BCUT2D eigenvalue weighted by atomic mass is 10.0. The number of alkyl carbamates (subject to hydrolysis) is 1. The summed E-state index contributed by atoms with van der Waals surface area (Å²) < 4.78 is 5.40. The molecule has 180 valence electrons. The predicted octanol–water partition coefficient (Wildman–Crippen LogP) is 5.89. The summed E-state index contributed by atoms with van der Waals surface area (Å²) in [5.74, 6) is 0.920. The average molecular weight is 479 g/mol. The minimum Gasteiger partial charge on any atom is -0.444 e. The Hall–Kier alpha value is -2.96. The van der Waals surface area contributed by atoms with E-state index in [4.69, 9.17) is 4.74 Å². The van der Waals surface area contributed by atoms with Gasteiger partial charge in [0.2, 0.25) is 0 Å². The van der Waals surface area contributed by atoms with Gasteiger partial charge in [-0.05, 0) is 62.6 Å². The summed E-state index contributed by atoms with van der Waals surface area (Å²) >= 11 is 1.79. The van der Waals surface area contributed by atoms with E-state index in [1.54, 1.807) is 11.8 Å². The molecule has 0 fully saturated rings. The molecule has 0 aliphatic rings. The topological polar surface area (TPSA) is 70.6 Å². The van der Waals surface area contributed by atoms with Crippen molar-refractivity contribution in [2.45, 2.75) is 55.6 Å². The Morgan fingerprint density at radius 2 is 1.50 bits per heavy atom. The van der Waals surface area contributed by atoms with Crippen LogP contribution in [0.1, 0.15) is 31.9 Å². The molecule has 0 unspecified atom stereocenters. The molecule has 3 rings (SSSR count). The lowest BCUT2D eigenvalue weighted by Crippen LogP contribution is -2.49. The Morgan fingerprint density at radius 1 is 0.912 bits per heavy atom. The Kier molecular flexibility index (Phi) is 9.42. The fourth-order valence-electron chi connectivity index (χ4n) is 3.38. The molecular formula is C28H34N2O3S. The zero-order valence-corrected chi connectivity index (χ0v) is 20.8. The van der Waals surface area contributed by atoms with Gasteiger partial charge in [0.05, 0.1) is 12.1 Å². The van der Waals surface area contributed by atoms with Crippen molar-refractivity contribution >= 4 is 23.5 Å². The maximum atomic E-state index is 12.4. The molecule has 1 amide bonds. The Morgan fingerprint density at radius 3 is 2.09 bits per heavy atom. The number of carbonyl (C=O) groups is 1. The Balaban J connectivity index is 1.55. The quantitative estimate of drug-likeness (QED) is 0.317. The molecule has 0 saturated heterocycles. The summed E-state index contributed by atoms with van der Waals surface area (Å²) in [7, 11) is 0. The van der Waals surface area contributed by atoms with Crippen LogP contribution in [0, 0.1) is 0 Å². The molecule has 3 N–H and O–H groups in total. The number of carbonyl (C=O) groups excluding carboxylic acids is 1. The van der Waals surface area contributed by atoms with Crippen molar-refractivity contribution in [1.82, 2.24) is 5.32 Å². The first-order valence-corrected chi connectivity index (χ1v) is 12.5. The van der Waals surface area contributed by atoms with E-state index in [2.05, 4.69) is 47.0 Å². The van der Waals surface area contributed by atoms with E-state index < -0.39 is 23.8 Å². The summed E-state index contributed by atoms with van der Waals surface area (Å²) in [6.07, 6.45) is -0.843. The number of anilines is 1. The first-order valence-electron chi connectivity index (χ1n) is 11.5. The normalized spacial score (nSPS) is 13.1. The molecule has 0 aliphatic heterocycles. The second-order valence-corrected chi connectivity index (χ2v) is 10.2. The van der Waals surface area contributed by atoms with E-state index in [1.165, 1.54) is 10.5 Å². The summed E-state index contributed by atoms with van der Waals surface area (Å²) in [6.45, 7) is 5.75. The highest BCUT2D eigenvalue weighted by atomic mass is 32.2. The van der Waals surface area contributed by atoms with Crippen molar-refractivity contribution in [2.24, 2.45) is 0 Å². The minimum absolute atomic E-state index is 0.295. The maximum absolute atomic E-state index is 12.4. The van der Waals surface area contributed by atoms with E-state index in [1.807, 2.05) is 69.3 Å². The molecule has 0 bridgehead atoms. The molecular weight excluding hydrogens is 444 g/mol. The number of rotatable bonds is 10. The van der Waals surface area contributed by atoms with Gasteiger partial charge in [-0.1, -0.05) is 60.7 Å². The third-order valence-corrected chi connectivity index (χ3v) is 6.17. The number of hydrogen-bond donors (Lipinski definition) is 3. The maximum Gasteiger partial charge on any atom is 0.407 e. The summed E-state index contributed by atoms with van der Waals surface area (Å²) in [5.41, 5.74) is 2.63. The minimum atomic E-state index is -0.806. The van der Waals surface area contributed by atoms with Crippen LogP contribution >= 0.6 is 11.8 Å². The second kappa shape index (κ2) is 12.5. The SMILES string of the molecule is CC(C)(C)OC(=O)N[C@H](Cc1ccccc1)[C@@H](O)CNc1ccc(SCc2ccccc2)cc1. The Labute approximate surface area is 206 Å². The molecule has 3 aromatic carbocycles. The van der Waals surface area contributed by atoms with Gasteiger partial charge in [-0.25, -0.2) is 4.79 Å². The molecule has 0 spiro atoms. The van der Waals surface area contributed by atoms with Gasteiger partial charge in [0, 0.05) is 22.9 Å². The highest BCUT2D eigenvalue weighted by Crippen LogP contribution is 2.24. The van der Waals surface area contributed by atoms with E-state index in [-0.39, 0.29) is 0 Å². The van der Waals surface area contributed by atoms with Crippen LogP contribution in [0.4, 0.5) is 10.5 Å². The van der Waals surface area contributed by atoms with Crippen molar-refractivity contribution in [2.75, 3.05) is 11.9 Å². The van der Waals surface area contributed by atoms with Crippen molar-refractivity contribution < 1.29 is 14.6 Å². The summed E-state index contributed by atoms with van der Waals surface area (Å²) in [5, 5.41) is 17.0. The molecule has 0 radical (unpaired) electrons. The third kappa shape index (κ3) is 9.12. The third-order valence-electron chi connectivity index (χ3n) is 5.08. The second-order valence-electron chi connectivity index (χ2n) is 9.19. The molecule has 3 aromatic rings. The lowest BCUT2D eigenvalue weighted by Gasteiger charge is -2.27. The van der Waals surface area contributed by atoms with Gasteiger partial charge in [-0.2, -0.15) is 0 Å². The van der Waals surface area contributed by atoms with Gasteiger partial charge in [0.25, 0.3) is 0 Å². The molecule has 0 saturated carbocycles. The number of aliphatic hydroxyl groups excluding tert-OH is 1. The van der Waals surface area contributed by atoms with Gasteiger partial charge in [0.1, 0.15) is 5.60 Å². The molecule has 5 nitrogen and oxygen atoms in total. The zero-order chi connectivity index (χ0) is 24.4. The largest absolute Gasteiger partial charge is 0.444 e. The van der Waals surface area contributed by atoms with Gasteiger partial charge >= 0.3 is 6.09 Å². The van der Waals surface area contributed by atoms with Crippen molar-refractivity contribution in [3.8, 4) is 0 Å². The number of hydrogen-bond acceptors (Lipinski definition) is 5. The standard InChI is InChI=1S/C28H34N2O3S/c1-28(2,3)33-27(32)30-25(18-21-10-6-4-7-11-21)26(31)19-29-23-14-16-24(17-15-23)34-20-22-12-8-5-9-13-22/h4-17,25-26,29,31H,18-20H2,1-3H3,(H,30,32)/t25-,26+/m1/s1. The predicted molar refractivity (Wildman–Crippen MR) is 140 cm³/mol. The van der Waals surface area contributed by atoms with Crippen molar-refractivity contribution in [1.29, 1.82) is 0 Å². The zero-order valence-electron chi connectivity index (χ0n) is 20.0. The summed E-state index contributed by atoms with van der Waals surface area (Å²) in [6, 6.07) is 27.8. The van der Waals surface area contributed by atoms with Crippen LogP contribution in [0.3, 0.4) is 0 Å². The number of thioether (sulfide) groups is 1. The number of nitrogens with one attached hydrogen (secondary N) is 2. The van der Waals surface area contributed by atoms with Crippen LogP contribution in [0.25, 0.3) is 0 Å². The molecule has 0 aliphatic carbocycles. The highest BCUT2D eigenvalue weighted by molar-refractivity contribution is 7.98. The van der Waals surface area contributed by atoms with Gasteiger partial charge in [-0.15, -0.1) is 11.8 Å². The van der Waals surface area contributed by atoms with Gasteiger partial charge in [-0.3, -0.25) is 0 Å². The van der Waals surface area contributed by atoms with Gasteiger partial charge in [0.15, 0.2) is 0 Å². The van der Waals surface area contributed by atoms with Crippen molar-refractivity contribution in [3.63, 3.8) is 0 Å². The Bertz CT molecular complexity index is 1010. The van der Waals surface area contributed by atoms with Crippen molar-refractivity contribution in [3.05, 3.63) is 96.1 Å². The first-order chi connectivity index (χ1) is 16.3. The molecule has 34 heavy (non-hydrogen) atoms. The van der Waals surface area contributed by atoms with E-state index in [9.17, 15) is 9.90 Å². The molecule has 2 atom stereocenters. The fourth-order valence-corrected chi connectivity index (χ4v) is 4.24. The van der Waals surface area contributed by atoms with Crippen LogP contribution in [-0.4, -0.2) is 35.5 Å². The van der Waals surface area contributed by atoms with Gasteiger partial charge < -0.3 is 20.5 Å². The molecule has 0 heterocycles. The smallest absolute Gasteiger partial charge is 0.407 e. The molecule has 6 heteroatoms. The lowest BCUT2D eigenvalue weighted by molar-refractivity contribution is 0.0433. The summed E-state index contributed by atoms with van der Waals surface area (Å²) in [4.78, 5) is 13.6. The van der Waals surface area contributed by atoms with Crippen LogP contribution in [0.15, 0.2) is 89.8 Å². The van der Waals surface area contributed by atoms with E-state index in [0.29, 0.717) is 13.0 Å².